The van der Waals surface area contributed by atoms with Crippen molar-refractivity contribution in [1.29, 1.82) is 0 Å². The molecule has 1 fully saturated rings. The van der Waals surface area contributed by atoms with Crippen LogP contribution in [0.2, 0.25) is 0 Å². The smallest absolute Gasteiger partial charge is 0.210 e. The molecular formula is C17H23F2O3P. The molecule has 0 bridgehead atoms. The second-order valence-electron chi connectivity index (χ2n) is 5.72. The number of benzene rings is 1. The van der Waals surface area contributed by atoms with Gasteiger partial charge >= 0.3 is 0 Å². The Kier molecular flexibility index (Phi) is 6.51. The van der Waals surface area contributed by atoms with E-state index in [9.17, 15) is 13.3 Å². The van der Waals surface area contributed by atoms with Crippen molar-refractivity contribution in [3.8, 4) is 0 Å². The van der Waals surface area contributed by atoms with Crippen molar-refractivity contribution in [3.63, 3.8) is 0 Å². The van der Waals surface area contributed by atoms with Crippen molar-refractivity contribution in [2.24, 2.45) is 5.92 Å². The summed E-state index contributed by atoms with van der Waals surface area (Å²) in [5.41, 5.74) is -0.272. The van der Waals surface area contributed by atoms with Gasteiger partial charge < -0.3 is 9.26 Å². The van der Waals surface area contributed by atoms with Crippen LogP contribution < -0.4 is 0 Å². The zero-order valence-electron chi connectivity index (χ0n) is 13.3. The molecule has 0 saturated heterocycles. The van der Waals surface area contributed by atoms with Gasteiger partial charge in [-0.05, 0) is 37.8 Å². The van der Waals surface area contributed by atoms with Crippen molar-refractivity contribution in [1.82, 2.24) is 0 Å². The van der Waals surface area contributed by atoms with Crippen LogP contribution in [0.4, 0.5) is 8.78 Å². The Hall–Kier alpha value is -1.03. The van der Waals surface area contributed by atoms with Gasteiger partial charge in [0.25, 0.3) is 0 Å². The van der Waals surface area contributed by atoms with Gasteiger partial charge in [0, 0.05) is 17.8 Å². The first-order valence-electron chi connectivity index (χ1n) is 7.86. The second-order valence-corrected chi connectivity index (χ2v) is 8.41. The van der Waals surface area contributed by atoms with Crippen molar-refractivity contribution in [2.45, 2.75) is 31.6 Å². The van der Waals surface area contributed by atoms with E-state index in [0.717, 1.165) is 12.8 Å². The molecule has 0 spiro atoms. The molecule has 1 aromatic carbocycles. The van der Waals surface area contributed by atoms with Crippen molar-refractivity contribution in [3.05, 3.63) is 48.1 Å². The largest absolute Gasteiger partial charge is 0.377 e. The van der Waals surface area contributed by atoms with E-state index in [1.807, 2.05) is 0 Å². The van der Waals surface area contributed by atoms with Crippen LogP contribution in [0.15, 0.2) is 30.9 Å². The monoisotopic (exact) mass is 344 g/mol. The van der Waals surface area contributed by atoms with Crippen LogP contribution in [0, 0.1) is 17.6 Å². The maximum atomic E-state index is 13.8. The highest BCUT2D eigenvalue weighted by Gasteiger charge is 2.51. The molecule has 1 aliphatic rings. The topological polar surface area (TPSA) is 35.5 Å². The summed E-state index contributed by atoms with van der Waals surface area (Å²) in [6, 6.07) is 3.67. The van der Waals surface area contributed by atoms with Crippen LogP contribution in [0.5, 0.6) is 0 Å². The molecule has 0 heterocycles. The minimum Gasteiger partial charge on any atom is -0.377 e. The SMILES string of the molecule is C=CCOCCC1CC1P(=O)(Cc1c(F)cccc1F)OCC. The van der Waals surface area contributed by atoms with Crippen molar-refractivity contribution >= 4 is 7.37 Å². The summed E-state index contributed by atoms with van der Waals surface area (Å²) in [7, 11) is -3.12. The third kappa shape index (κ3) is 4.72. The summed E-state index contributed by atoms with van der Waals surface area (Å²) in [5, 5.41) is 0. The van der Waals surface area contributed by atoms with E-state index in [1.165, 1.54) is 18.2 Å². The average molecular weight is 344 g/mol. The normalized spacial score (nSPS) is 22.6. The first-order valence-corrected chi connectivity index (χ1v) is 9.74. The number of rotatable bonds is 10. The Morgan fingerprint density at radius 3 is 2.70 bits per heavy atom. The lowest BCUT2D eigenvalue weighted by molar-refractivity contribution is 0.155. The van der Waals surface area contributed by atoms with Crippen molar-refractivity contribution in [2.75, 3.05) is 19.8 Å². The standard InChI is InChI=1S/C17H23F2O3P/c1-3-9-21-10-8-13-11-17(13)23(20,22-4-2)12-14-15(18)6-5-7-16(14)19/h3,5-7,13,17H,1,4,8-12H2,2H3. The number of ether oxygens (including phenoxy) is 1. The van der Waals surface area contributed by atoms with Gasteiger partial charge in [0.2, 0.25) is 7.37 Å². The molecule has 128 valence electrons. The quantitative estimate of drug-likeness (QED) is 0.349. The number of hydrogen-bond donors (Lipinski definition) is 0. The van der Waals surface area contributed by atoms with E-state index in [2.05, 4.69) is 6.58 Å². The van der Waals surface area contributed by atoms with E-state index in [1.54, 1.807) is 13.0 Å². The van der Waals surface area contributed by atoms with Gasteiger partial charge in [-0.3, -0.25) is 4.57 Å². The Morgan fingerprint density at radius 2 is 2.09 bits per heavy atom. The molecule has 1 aromatic rings. The molecule has 0 aliphatic heterocycles. The predicted octanol–water partition coefficient (Wildman–Crippen LogP) is 4.76. The van der Waals surface area contributed by atoms with E-state index < -0.39 is 19.0 Å². The summed E-state index contributed by atoms with van der Waals surface area (Å²) < 4.78 is 51.7. The summed E-state index contributed by atoms with van der Waals surface area (Å²) in [5.74, 6) is -1.11. The van der Waals surface area contributed by atoms with Gasteiger partial charge in [-0.1, -0.05) is 12.1 Å². The summed E-state index contributed by atoms with van der Waals surface area (Å²) >= 11 is 0. The van der Waals surface area contributed by atoms with Gasteiger partial charge in [0.15, 0.2) is 0 Å². The first kappa shape index (κ1) is 18.3. The Bertz CT molecular complexity index is 571. The highest BCUT2D eigenvalue weighted by Crippen LogP contribution is 2.67. The van der Waals surface area contributed by atoms with Gasteiger partial charge in [-0.25, -0.2) is 8.78 Å². The third-order valence-electron chi connectivity index (χ3n) is 4.05. The van der Waals surface area contributed by atoms with Crippen LogP contribution in [0.25, 0.3) is 0 Å². The Balaban J connectivity index is 2.03. The Labute approximate surface area is 136 Å². The summed E-state index contributed by atoms with van der Waals surface area (Å²) in [4.78, 5) is 0. The highest BCUT2D eigenvalue weighted by molar-refractivity contribution is 7.59. The number of hydrogen-bond acceptors (Lipinski definition) is 3. The van der Waals surface area contributed by atoms with Gasteiger partial charge in [-0.15, -0.1) is 6.58 Å². The molecule has 0 N–H and O–H groups in total. The molecule has 3 atom stereocenters. The molecule has 3 unspecified atom stereocenters. The van der Waals surface area contributed by atoms with E-state index >= 15 is 0 Å². The molecule has 1 saturated carbocycles. The molecule has 0 radical (unpaired) electrons. The lowest BCUT2D eigenvalue weighted by Gasteiger charge is -2.19. The molecule has 23 heavy (non-hydrogen) atoms. The Morgan fingerprint density at radius 1 is 1.39 bits per heavy atom. The van der Waals surface area contributed by atoms with Crippen LogP contribution in [-0.2, 0) is 20.0 Å². The highest BCUT2D eigenvalue weighted by atomic mass is 31.2. The van der Waals surface area contributed by atoms with E-state index in [-0.39, 0.29) is 29.9 Å². The zero-order chi connectivity index (χ0) is 16.9. The fourth-order valence-corrected chi connectivity index (χ4v) is 5.89. The van der Waals surface area contributed by atoms with Crippen LogP contribution in [0.1, 0.15) is 25.3 Å². The number of halogens is 2. The maximum absolute atomic E-state index is 13.8. The van der Waals surface area contributed by atoms with E-state index in [4.69, 9.17) is 9.26 Å². The molecule has 0 aromatic heterocycles. The molecule has 1 aliphatic carbocycles. The minimum absolute atomic E-state index is 0.131. The molecule has 2 rings (SSSR count). The first-order chi connectivity index (χ1) is 11.0. The molecular weight excluding hydrogens is 321 g/mol. The lowest BCUT2D eigenvalue weighted by Crippen LogP contribution is -2.06. The van der Waals surface area contributed by atoms with Crippen LogP contribution >= 0.6 is 7.37 Å². The van der Waals surface area contributed by atoms with Crippen LogP contribution in [-0.4, -0.2) is 25.5 Å². The molecule has 6 heteroatoms. The van der Waals surface area contributed by atoms with Gasteiger partial charge in [0.05, 0.1) is 19.4 Å². The molecule has 0 amide bonds. The van der Waals surface area contributed by atoms with Crippen LogP contribution in [0.3, 0.4) is 0 Å². The fraction of sp³-hybridized carbons (Fsp3) is 0.529. The van der Waals surface area contributed by atoms with Gasteiger partial charge in [0.1, 0.15) is 11.6 Å². The summed E-state index contributed by atoms with van der Waals surface area (Å²) in [6.45, 7) is 6.64. The maximum Gasteiger partial charge on any atom is 0.210 e. The molecule has 3 nitrogen and oxygen atoms in total. The second kappa shape index (κ2) is 8.18. The lowest BCUT2D eigenvalue weighted by atomic mass is 10.2. The average Bonchev–Trinajstić information content (AvgIpc) is 3.28. The predicted molar refractivity (Wildman–Crippen MR) is 86.8 cm³/mol. The van der Waals surface area contributed by atoms with Crippen molar-refractivity contribution < 1.29 is 22.6 Å². The minimum atomic E-state index is -3.12. The van der Waals surface area contributed by atoms with Gasteiger partial charge in [-0.2, -0.15) is 0 Å². The third-order valence-corrected chi connectivity index (χ3v) is 7.14. The summed E-state index contributed by atoms with van der Waals surface area (Å²) in [6.07, 6.45) is 3.02. The van der Waals surface area contributed by atoms with E-state index in [0.29, 0.717) is 13.2 Å². The zero-order valence-corrected chi connectivity index (χ0v) is 14.2. The fourth-order valence-electron chi connectivity index (χ4n) is 2.81.